The maximum absolute atomic E-state index is 8.98. The molecule has 0 spiro atoms. The van der Waals surface area contributed by atoms with E-state index in [2.05, 4.69) is 6.58 Å². The van der Waals surface area contributed by atoms with Gasteiger partial charge >= 0.3 is 0 Å². The molecule has 0 aromatic rings. The fraction of sp³-hybridized carbons (Fsp3) is 0.667. The van der Waals surface area contributed by atoms with E-state index in [1.807, 2.05) is 6.92 Å². The van der Waals surface area contributed by atoms with E-state index in [4.69, 9.17) is 9.84 Å². The van der Waals surface area contributed by atoms with Crippen molar-refractivity contribution in [1.82, 2.24) is 0 Å². The Balaban J connectivity index is 3.53. The lowest BCUT2D eigenvalue weighted by Crippen LogP contribution is -2.24. The molecule has 0 rings (SSSR count). The molecule has 0 aliphatic heterocycles. The predicted octanol–water partition coefficient (Wildman–Crippen LogP) is 0.917. The van der Waals surface area contributed by atoms with Crippen molar-refractivity contribution < 1.29 is 9.84 Å². The van der Waals surface area contributed by atoms with Crippen LogP contribution < -0.4 is 0 Å². The molecule has 0 aliphatic carbocycles. The number of hydrogen-bond acceptors (Lipinski definition) is 2. The van der Waals surface area contributed by atoms with E-state index in [-0.39, 0.29) is 0 Å². The summed E-state index contributed by atoms with van der Waals surface area (Å²) >= 11 is 0. The van der Waals surface area contributed by atoms with Gasteiger partial charge < -0.3 is 9.84 Å². The molecule has 48 valence electrons. The van der Waals surface area contributed by atoms with Crippen molar-refractivity contribution >= 4 is 0 Å². The summed E-state index contributed by atoms with van der Waals surface area (Å²) in [5.74, 6) is -1.14. The maximum atomic E-state index is 8.98. The molecule has 0 aromatic carbocycles. The summed E-state index contributed by atoms with van der Waals surface area (Å²) in [4.78, 5) is 0. The van der Waals surface area contributed by atoms with Crippen LogP contribution in [-0.4, -0.2) is 17.5 Å². The van der Waals surface area contributed by atoms with Gasteiger partial charge in [0.05, 0.1) is 0 Å². The Labute approximate surface area is 49.8 Å². The maximum Gasteiger partial charge on any atom is 0.181 e. The Morgan fingerprint density at radius 1 is 1.88 bits per heavy atom. The summed E-state index contributed by atoms with van der Waals surface area (Å²) in [6.45, 7) is 7.24. The highest BCUT2D eigenvalue weighted by Crippen LogP contribution is 2.04. The normalized spacial score (nSPS) is 17.4. The first kappa shape index (κ1) is 7.66. The van der Waals surface area contributed by atoms with Crippen molar-refractivity contribution in [2.24, 2.45) is 0 Å². The summed E-state index contributed by atoms with van der Waals surface area (Å²) < 4.78 is 4.82. The number of ether oxygens (including phenoxy) is 1. The summed E-state index contributed by atoms with van der Waals surface area (Å²) in [5, 5.41) is 8.98. The third-order valence-electron chi connectivity index (χ3n) is 0.815. The second kappa shape index (κ2) is 2.84. The predicted molar refractivity (Wildman–Crippen MR) is 32.4 cm³/mol. The summed E-state index contributed by atoms with van der Waals surface area (Å²) in [6.07, 6.45) is 1.36. The molecular formula is C6H12O2. The van der Waals surface area contributed by atoms with Crippen LogP contribution in [0.15, 0.2) is 12.7 Å². The molecule has 0 bridgehead atoms. The molecule has 0 heterocycles. The van der Waals surface area contributed by atoms with Crippen molar-refractivity contribution in [1.29, 1.82) is 0 Å². The van der Waals surface area contributed by atoms with Crippen LogP contribution in [0.1, 0.15) is 13.8 Å². The van der Waals surface area contributed by atoms with Crippen molar-refractivity contribution in [2.45, 2.75) is 19.6 Å². The summed E-state index contributed by atoms with van der Waals surface area (Å²) in [6, 6.07) is 0. The first-order chi connectivity index (χ1) is 3.62. The smallest absolute Gasteiger partial charge is 0.181 e. The summed E-state index contributed by atoms with van der Waals surface area (Å²) in [5.41, 5.74) is 0. The molecule has 0 saturated carbocycles. The van der Waals surface area contributed by atoms with Gasteiger partial charge in [-0.3, -0.25) is 0 Å². The van der Waals surface area contributed by atoms with Gasteiger partial charge in [-0.2, -0.15) is 0 Å². The van der Waals surface area contributed by atoms with Gasteiger partial charge in [0.2, 0.25) is 0 Å². The van der Waals surface area contributed by atoms with Crippen LogP contribution in [0.25, 0.3) is 0 Å². The van der Waals surface area contributed by atoms with Gasteiger partial charge in [-0.15, -0.1) is 0 Å². The van der Waals surface area contributed by atoms with E-state index >= 15 is 0 Å². The van der Waals surface area contributed by atoms with Gasteiger partial charge in [-0.05, 0) is 19.9 Å². The lowest BCUT2D eigenvalue weighted by Gasteiger charge is -2.17. The number of aliphatic hydroxyl groups is 1. The van der Waals surface area contributed by atoms with Crippen LogP contribution in [0.5, 0.6) is 0 Å². The highest BCUT2D eigenvalue weighted by molar-refractivity contribution is 4.82. The van der Waals surface area contributed by atoms with Gasteiger partial charge in [-0.25, -0.2) is 0 Å². The zero-order chi connectivity index (χ0) is 6.62. The van der Waals surface area contributed by atoms with Crippen molar-refractivity contribution in [3.8, 4) is 0 Å². The molecule has 0 saturated heterocycles. The van der Waals surface area contributed by atoms with E-state index in [1.165, 1.54) is 6.08 Å². The SMILES string of the molecule is C=CC(C)(O)OCC. The Bertz CT molecular complexity index is 76.6. The third kappa shape index (κ3) is 2.77. The lowest BCUT2D eigenvalue weighted by molar-refractivity contribution is -0.148. The topological polar surface area (TPSA) is 29.5 Å². The molecule has 8 heavy (non-hydrogen) atoms. The van der Waals surface area contributed by atoms with Crippen LogP contribution in [0, 0.1) is 0 Å². The number of hydrogen-bond donors (Lipinski definition) is 1. The average Bonchev–Trinajstić information content (AvgIpc) is 1.67. The van der Waals surface area contributed by atoms with E-state index in [0.717, 1.165) is 0 Å². The van der Waals surface area contributed by atoms with Crippen LogP contribution in [-0.2, 0) is 4.74 Å². The van der Waals surface area contributed by atoms with Crippen LogP contribution >= 0.6 is 0 Å². The first-order valence-corrected chi connectivity index (χ1v) is 2.62. The monoisotopic (exact) mass is 116 g/mol. The highest BCUT2D eigenvalue weighted by Gasteiger charge is 2.12. The average molecular weight is 116 g/mol. The van der Waals surface area contributed by atoms with Crippen molar-refractivity contribution in [3.63, 3.8) is 0 Å². The minimum Gasteiger partial charge on any atom is -0.362 e. The lowest BCUT2D eigenvalue weighted by atomic mass is 10.3. The Morgan fingerprint density at radius 3 is 2.50 bits per heavy atom. The largest absolute Gasteiger partial charge is 0.362 e. The highest BCUT2D eigenvalue weighted by atomic mass is 16.6. The van der Waals surface area contributed by atoms with Crippen molar-refractivity contribution in [2.75, 3.05) is 6.61 Å². The molecule has 2 nitrogen and oxygen atoms in total. The number of rotatable bonds is 3. The van der Waals surface area contributed by atoms with Crippen LogP contribution in [0.2, 0.25) is 0 Å². The molecule has 0 aliphatic rings. The zero-order valence-corrected chi connectivity index (χ0v) is 5.35. The van der Waals surface area contributed by atoms with E-state index in [1.54, 1.807) is 6.92 Å². The van der Waals surface area contributed by atoms with E-state index in [9.17, 15) is 0 Å². The Hall–Kier alpha value is -0.340. The molecule has 1 atom stereocenters. The first-order valence-electron chi connectivity index (χ1n) is 2.62. The minimum absolute atomic E-state index is 0.499. The summed E-state index contributed by atoms with van der Waals surface area (Å²) in [7, 11) is 0. The van der Waals surface area contributed by atoms with Gasteiger partial charge in [0.25, 0.3) is 0 Å². The molecule has 0 fully saturated rings. The fourth-order valence-electron chi connectivity index (χ4n) is 0.351. The van der Waals surface area contributed by atoms with Crippen LogP contribution in [0.3, 0.4) is 0 Å². The molecule has 1 unspecified atom stereocenters. The Kier molecular flexibility index (Phi) is 2.72. The minimum atomic E-state index is -1.14. The van der Waals surface area contributed by atoms with Crippen molar-refractivity contribution in [3.05, 3.63) is 12.7 Å². The second-order valence-corrected chi connectivity index (χ2v) is 1.69. The zero-order valence-electron chi connectivity index (χ0n) is 5.35. The van der Waals surface area contributed by atoms with Gasteiger partial charge in [0.1, 0.15) is 0 Å². The molecule has 1 N–H and O–H groups in total. The second-order valence-electron chi connectivity index (χ2n) is 1.69. The standard InChI is InChI=1S/C6H12O2/c1-4-6(3,7)8-5-2/h4,7H,1,5H2,2-3H3. The molecular weight excluding hydrogens is 104 g/mol. The molecule has 0 radical (unpaired) electrons. The molecule has 0 amide bonds. The van der Waals surface area contributed by atoms with Gasteiger partial charge in [0.15, 0.2) is 5.79 Å². The van der Waals surface area contributed by atoms with Crippen LogP contribution in [0.4, 0.5) is 0 Å². The van der Waals surface area contributed by atoms with E-state index in [0.29, 0.717) is 6.61 Å². The van der Waals surface area contributed by atoms with Gasteiger partial charge in [0, 0.05) is 6.61 Å². The van der Waals surface area contributed by atoms with E-state index < -0.39 is 5.79 Å². The Morgan fingerprint density at radius 2 is 2.38 bits per heavy atom. The third-order valence-corrected chi connectivity index (χ3v) is 0.815. The molecule has 2 heteroatoms. The fourth-order valence-corrected chi connectivity index (χ4v) is 0.351. The molecule has 0 aromatic heterocycles. The van der Waals surface area contributed by atoms with Gasteiger partial charge in [-0.1, -0.05) is 6.58 Å². The quantitative estimate of drug-likeness (QED) is 0.439.